The van der Waals surface area contributed by atoms with E-state index in [1.165, 1.54) is 0 Å². The molecule has 2 heteroatoms. The van der Waals surface area contributed by atoms with Crippen LogP contribution >= 0.6 is 0 Å². The lowest BCUT2D eigenvalue weighted by Crippen LogP contribution is -2.28. The highest BCUT2D eigenvalue weighted by molar-refractivity contribution is 5.35. The summed E-state index contributed by atoms with van der Waals surface area (Å²) in [5, 5.41) is 9.71. The predicted octanol–water partition coefficient (Wildman–Crippen LogP) is 1.23. The Kier molecular flexibility index (Phi) is 1.13. The fourth-order valence-corrected chi connectivity index (χ4v) is 1.66. The van der Waals surface area contributed by atoms with E-state index in [-0.39, 0.29) is 0 Å². The van der Waals surface area contributed by atoms with Crippen molar-refractivity contribution in [3.8, 4) is 0 Å². The van der Waals surface area contributed by atoms with Crippen LogP contribution < -0.4 is 0 Å². The summed E-state index contributed by atoms with van der Waals surface area (Å²) < 4.78 is 5.30. The van der Waals surface area contributed by atoms with E-state index in [9.17, 15) is 5.11 Å². The topological polar surface area (TPSA) is 32.8 Å². The van der Waals surface area contributed by atoms with Gasteiger partial charge in [0.05, 0.1) is 0 Å². The molecule has 11 heavy (non-hydrogen) atoms. The van der Waals surface area contributed by atoms with Gasteiger partial charge in [-0.1, -0.05) is 26.0 Å². The molecule has 60 valence electrons. The van der Waals surface area contributed by atoms with Crippen LogP contribution in [0.5, 0.6) is 0 Å². The van der Waals surface area contributed by atoms with E-state index in [4.69, 9.17) is 4.74 Å². The lowest BCUT2D eigenvalue weighted by Gasteiger charge is -2.15. The molecule has 2 aliphatic rings. The molecule has 1 N–H and O–H groups in total. The van der Waals surface area contributed by atoms with Gasteiger partial charge in [0.15, 0.2) is 5.60 Å². The van der Waals surface area contributed by atoms with Gasteiger partial charge >= 0.3 is 0 Å². The van der Waals surface area contributed by atoms with E-state index in [2.05, 4.69) is 0 Å². The van der Waals surface area contributed by atoms with E-state index in [1.54, 1.807) is 6.08 Å². The third-order valence-corrected chi connectivity index (χ3v) is 2.48. The highest BCUT2D eigenvalue weighted by atomic mass is 16.7. The smallest absolute Gasteiger partial charge is 0.220 e. The molecule has 0 spiro atoms. The molecule has 0 radical (unpaired) electrons. The average Bonchev–Trinajstić information content (AvgIpc) is 2.56. The number of hydrogen-bond donors (Lipinski definition) is 1. The van der Waals surface area contributed by atoms with Gasteiger partial charge in [0.1, 0.15) is 0 Å². The van der Waals surface area contributed by atoms with Gasteiger partial charge in [0, 0.05) is 0 Å². The number of epoxide rings is 1. The average molecular weight is 152 g/mol. The number of aliphatic hydroxyl groups is 1. The van der Waals surface area contributed by atoms with Gasteiger partial charge in [-0.3, -0.25) is 0 Å². The number of allylic oxidation sites excluding steroid dienone is 2. The van der Waals surface area contributed by atoms with Crippen molar-refractivity contribution in [3.05, 3.63) is 24.3 Å². The Morgan fingerprint density at radius 1 is 1.27 bits per heavy atom. The van der Waals surface area contributed by atoms with Crippen molar-refractivity contribution in [1.82, 2.24) is 0 Å². The van der Waals surface area contributed by atoms with Crippen LogP contribution in [0, 0.1) is 5.92 Å². The second-order valence-electron chi connectivity index (χ2n) is 3.46. The molecule has 1 fully saturated rings. The van der Waals surface area contributed by atoms with Crippen LogP contribution in [0.25, 0.3) is 0 Å². The van der Waals surface area contributed by atoms with Crippen LogP contribution in [-0.4, -0.2) is 16.5 Å². The van der Waals surface area contributed by atoms with Gasteiger partial charge < -0.3 is 9.84 Å². The van der Waals surface area contributed by atoms with Crippen LogP contribution in [0.15, 0.2) is 24.3 Å². The van der Waals surface area contributed by atoms with Crippen LogP contribution in [0.2, 0.25) is 0 Å². The lowest BCUT2D eigenvalue weighted by atomic mass is 9.87. The molecule has 0 amide bonds. The van der Waals surface area contributed by atoms with E-state index >= 15 is 0 Å². The highest BCUT2D eigenvalue weighted by Crippen LogP contribution is 2.54. The fraction of sp³-hybridized carbons (Fsp3) is 0.556. The van der Waals surface area contributed by atoms with Crippen molar-refractivity contribution in [2.24, 2.45) is 5.92 Å². The second kappa shape index (κ2) is 1.76. The Hall–Kier alpha value is -0.600. The van der Waals surface area contributed by atoms with E-state index < -0.39 is 11.4 Å². The largest absolute Gasteiger partial charge is 0.360 e. The van der Waals surface area contributed by atoms with Crippen molar-refractivity contribution in [1.29, 1.82) is 0 Å². The molecule has 1 heterocycles. The first kappa shape index (κ1) is 7.07. The van der Waals surface area contributed by atoms with Crippen LogP contribution in [0.1, 0.15) is 13.8 Å². The minimum atomic E-state index is -1.00. The zero-order valence-electron chi connectivity index (χ0n) is 6.74. The third-order valence-electron chi connectivity index (χ3n) is 2.48. The van der Waals surface area contributed by atoms with Crippen LogP contribution in [0.4, 0.5) is 0 Å². The first-order chi connectivity index (χ1) is 5.11. The van der Waals surface area contributed by atoms with Gasteiger partial charge in [-0.15, -0.1) is 0 Å². The first-order valence-electron chi connectivity index (χ1n) is 3.90. The summed E-state index contributed by atoms with van der Waals surface area (Å²) in [6.45, 7) is 4.09. The first-order valence-corrected chi connectivity index (χ1v) is 3.90. The maximum atomic E-state index is 9.71. The van der Waals surface area contributed by atoms with Gasteiger partial charge in [0.25, 0.3) is 0 Å². The van der Waals surface area contributed by atoms with Crippen LogP contribution in [0.3, 0.4) is 0 Å². The molecular weight excluding hydrogens is 140 g/mol. The summed E-state index contributed by atoms with van der Waals surface area (Å²) in [4.78, 5) is 0. The molecule has 0 aromatic carbocycles. The van der Waals surface area contributed by atoms with E-state index in [0.717, 1.165) is 0 Å². The summed E-state index contributed by atoms with van der Waals surface area (Å²) in [6.07, 6.45) is 7.36. The summed E-state index contributed by atoms with van der Waals surface area (Å²) in [5.74, 6) is -0.690. The molecule has 2 atom stereocenters. The Balaban J connectivity index is 2.33. The van der Waals surface area contributed by atoms with Gasteiger partial charge in [-0.25, -0.2) is 0 Å². The Bertz CT molecular complexity index is 242. The molecule has 2 rings (SSSR count). The fourth-order valence-electron chi connectivity index (χ4n) is 1.66. The predicted molar refractivity (Wildman–Crippen MR) is 41.9 cm³/mol. The maximum Gasteiger partial charge on any atom is 0.220 e. The molecule has 0 aromatic rings. The van der Waals surface area contributed by atoms with E-state index in [0.29, 0.717) is 5.92 Å². The van der Waals surface area contributed by atoms with Crippen molar-refractivity contribution in [2.45, 2.75) is 25.2 Å². The van der Waals surface area contributed by atoms with Crippen molar-refractivity contribution in [3.63, 3.8) is 0 Å². The Labute approximate surface area is 66.2 Å². The lowest BCUT2D eigenvalue weighted by molar-refractivity contribution is 0.0825. The van der Waals surface area contributed by atoms with Crippen molar-refractivity contribution < 1.29 is 9.84 Å². The number of hydrogen-bond acceptors (Lipinski definition) is 2. The van der Waals surface area contributed by atoms with Gasteiger partial charge in [-0.05, 0) is 18.1 Å². The van der Waals surface area contributed by atoms with Crippen LogP contribution in [-0.2, 0) is 4.74 Å². The van der Waals surface area contributed by atoms with Gasteiger partial charge in [-0.2, -0.15) is 0 Å². The molecule has 0 bridgehead atoms. The minimum absolute atomic E-state index is 0.314. The molecule has 2 unspecified atom stereocenters. The zero-order valence-corrected chi connectivity index (χ0v) is 6.74. The molecule has 1 saturated heterocycles. The van der Waals surface area contributed by atoms with Crippen molar-refractivity contribution in [2.75, 3.05) is 0 Å². The number of ether oxygens (including phenoxy) is 1. The van der Waals surface area contributed by atoms with Crippen molar-refractivity contribution >= 4 is 0 Å². The number of fused-ring (bicyclic) bond motifs is 1. The van der Waals surface area contributed by atoms with Gasteiger partial charge in [0.2, 0.25) is 5.79 Å². The SMILES string of the molecule is CC(C)C12C=CC=CC1(O)O2. The minimum Gasteiger partial charge on any atom is -0.360 e. The zero-order chi connectivity index (χ0) is 8.11. The third kappa shape index (κ3) is 0.686. The molecule has 1 aliphatic carbocycles. The Morgan fingerprint density at radius 3 is 2.36 bits per heavy atom. The molecule has 0 saturated carbocycles. The molecule has 2 nitrogen and oxygen atoms in total. The molecular formula is C9H12O2. The molecule has 1 aliphatic heterocycles. The summed E-state index contributed by atoms with van der Waals surface area (Å²) >= 11 is 0. The highest BCUT2D eigenvalue weighted by Gasteiger charge is 2.69. The summed E-state index contributed by atoms with van der Waals surface area (Å²) in [6, 6.07) is 0. The Morgan fingerprint density at radius 2 is 1.91 bits per heavy atom. The normalized spacial score (nSPS) is 46.2. The maximum absolute atomic E-state index is 9.71. The quantitative estimate of drug-likeness (QED) is 0.573. The monoisotopic (exact) mass is 152 g/mol. The second-order valence-corrected chi connectivity index (χ2v) is 3.46. The number of rotatable bonds is 1. The summed E-state index contributed by atoms with van der Waals surface area (Å²) in [7, 11) is 0. The summed E-state index contributed by atoms with van der Waals surface area (Å²) in [5.41, 5.74) is -0.429. The standard InChI is InChI=1S/C9H12O2/c1-7(2)8-5-3-4-6-9(8,10)11-8/h3-7,10H,1-2H3. The van der Waals surface area contributed by atoms with E-state index in [1.807, 2.05) is 32.1 Å². The molecule has 0 aromatic heterocycles.